The fourth-order valence-corrected chi connectivity index (χ4v) is 3.36. The maximum atomic E-state index is 12.9. The number of phenolic OH excluding ortho intramolecular Hbond substituents is 1. The zero-order valence-corrected chi connectivity index (χ0v) is 18.4. The first kappa shape index (κ1) is 21.7. The van der Waals surface area contributed by atoms with Crippen LogP contribution >= 0.6 is 11.6 Å². The molecule has 0 aliphatic rings. The number of fused-ring (bicyclic) bond motifs is 1. The van der Waals surface area contributed by atoms with E-state index in [0.717, 1.165) is 17.9 Å². The third-order valence-electron chi connectivity index (χ3n) is 4.83. The fraction of sp³-hybridized carbons (Fsp3) is 0.160. The van der Waals surface area contributed by atoms with E-state index in [-0.39, 0.29) is 17.1 Å². The second-order valence-corrected chi connectivity index (χ2v) is 7.94. The zero-order valence-electron chi connectivity index (χ0n) is 17.7. The summed E-state index contributed by atoms with van der Waals surface area (Å²) in [7, 11) is 3.97. The van der Waals surface area contributed by atoms with Crippen molar-refractivity contribution in [3.8, 4) is 34.1 Å². The summed E-state index contributed by atoms with van der Waals surface area (Å²) in [5, 5.41) is 11.0. The predicted octanol–water partition coefficient (Wildman–Crippen LogP) is 5.55. The molecule has 3 aromatic carbocycles. The lowest BCUT2D eigenvalue weighted by molar-refractivity contribution is 0.261. The van der Waals surface area contributed by atoms with Gasteiger partial charge < -0.3 is 23.9 Å². The van der Waals surface area contributed by atoms with Gasteiger partial charge in [-0.2, -0.15) is 0 Å². The van der Waals surface area contributed by atoms with Crippen LogP contribution in [0.2, 0.25) is 5.02 Å². The van der Waals surface area contributed by atoms with Crippen molar-refractivity contribution in [3.05, 3.63) is 82.2 Å². The number of aromatic hydroxyl groups is 1. The van der Waals surface area contributed by atoms with Crippen LogP contribution in [0.25, 0.3) is 22.1 Å². The van der Waals surface area contributed by atoms with Crippen molar-refractivity contribution in [3.63, 3.8) is 0 Å². The van der Waals surface area contributed by atoms with Crippen LogP contribution < -0.4 is 15.1 Å². The van der Waals surface area contributed by atoms with Gasteiger partial charge in [0.1, 0.15) is 29.4 Å². The number of ether oxygens (including phenoxy) is 2. The number of phenols is 1. The summed E-state index contributed by atoms with van der Waals surface area (Å²) in [6.07, 6.45) is 0. The highest BCUT2D eigenvalue weighted by Crippen LogP contribution is 2.38. The molecule has 0 atom stereocenters. The van der Waals surface area contributed by atoms with Crippen LogP contribution in [0.1, 0.15) is 0 Å². The summed E-state index contributed by atoms with van der Waals surface area (Å²) in [6, 6.07) is 18.8. The minimum atomic E-state index is -0.653. The summed E-state index contributed by atoms with van der Waals surface area (Å²) >= 11 is 5.96. The van der Waals surface area contributed by atoms with Crippen molar-refractivity contribution < 1.29 is 19.0 Å². The van der Waals surface area contributed by atoms with Crippen molar-refractivity contribution in [1.82, 2.24) is 4.90 Å². The smallest absolute Gasteiger partial charge is 0.380 e. The lowest BCUT2D eigenvalue weighted by atomic mass is 10.0. The largest absolute Gasteiger partial charge is 0.508 e. The van der Waals surface area contributed by atoms with Gasteiger partial charge in [0, 0.05) is 28.6 Å². The first-order chi connectivity index (χ1) is 15.4. The van der Waals surface area contributed by atoms with Crippen molar-refractivity contribution in [2.45, 2.75) is 0 Å². The molecule has 0 aliphatic heterocycles. The first-order valence-electron chi connectivity index (χ1n) is 10.0. The Kier molecular flexibility index (Phi) is 6.35. The van der Waals surface area contributed by atoms with Crippen LogP contribution in [0.4, 0.5) is 0 Å². The molecule has 0 spiro atoms. The van der Waals surface area contributed by atoms with Crippen LogP contribution in [-0.2, 0) is 0 Å². The maximum absolute atomic E-state index is 12.9. The molecule has 6 nitrogen and oxygen atoms in total. The molecule has 0 fully saturated rings. The lowest BCUT2D eigenvalue weighted by Crippen LogP contribution is -2.19. The molecule has 0 radical (unpaired) electrons. The predicted molar refractivity (Wildman–Crippen MR) is 125 cm³/mol. The van der Waals surface area contributed by atoms with Gasteiger partial charge in [0.15, 0.2) is 0 Å². The van der Waals surface area contributed by atoms with Gasteiger partial charge in [-0.1, -0.05) is 23.7 Å². The van der Waals surface area contributed by atoms with Crippen LogP contribution in [-0.4, -0.2) is 37.3 Å². The molecule has 4 aromatic rings. The van der Waals surface area contributed by atoms with Crippen molar-refractivity contribution in [2.24, 2.45) is 0 Å². The molecular formula is C25H22ClNO5. The number of benzene rings is 3. The summed E-state index contributed by atoms with van der Waals surface area (Å²) in [5.74, 6) is 1.22. The van der Waals surface area contributed by atoms with Crippen molar-refractivity contribution in [1.29, 1.82) is 0 Å². The Balaban J connectivity index is 1.78. The van der Waals surface area contributed by atoms with E-state index in [2.05, 4.69) is 0 Å². The minimum absolute atomic E-state index is 0.00242. The van der Waals surface area contributed by atoms with Gasteiger partial charge in [-0.15, -0.1) is 0 Å². The Bertz CT molecular complexity index is 1280. The highest BCUT2D eigenvalue weighted by Gasteiger charge is 2.19. The van der Waals surface area contributed by atoms with Gasteiger partial charge >= 0.3 is 5.63 Å². The number of nitrogens with zero attached hydrogens (tertiary/aromatic N) is 1. The monoisotopic (exact) mass is 451 g/mol. The molecule has 0 amide bonds. The summed E-state index contributed by atoms with van der Waals surface area (Å²) in [5.41, 5.74) is 0.919. The number of hydrogen-bond acceptors (Lipinski definition) is 6. The van der Waals surface area contributed by atoms with E-state index < -0.39 is 5.63 Å². The second-order valence-electron chi connectivity index (χ2n) is 7.51. The molecule has 1 heterocycles. The summed E-state index contributed by atoms with van der Waals surface area (Å²) in [6.45, 7) is 1.36. The van der Waals surface area contributed by atoms with Gasteiger partial charge in [-0.25, -0.2) is 4.79 Å². The van der Waals surface area contributed by atoms with Crippen LogP contribution in [0.5, 0.6) is 23.0 Å². The normalized spacial score (nSPS) is 11.1. The van der Waals surface area contributed by atoms with Gasteiger partial charge in [0.05, 0.1) is 0 Å². The molecule has 1 aromatic heterocycles. The minimum Gasteiger partial charge on any atom is -0.508 e. The number of likely N-dealkylation sites (N-methyl/N-ethyl adjacent to an activating group) is 1. The van der Waals surface area contributed by atoms with Crippen LogP contribution in [0.15, 0.2) is 75.9 Å². The molecule has 0 bridgehead atoms. The highest BCUT2D eigenvalue weighted by molar-refractivity contribution is 6.30. The molecule has 164 valence electrons. The molecule has 0 saturated carbocycles. The standard InChI is InChI=1S/C25H22ClNO5/c1-27(2)13-14-30-19-8-3-16(4-9-19)23-21-12-7-18(28)15-22(21)32-25(29)24(23)31-20-10-5-17(26)6-11-20/h3-12,15,28H,13-14H2,1-2H3. The summed E-state index contributed by atoms with van der Waals surface area (Å²) < 4.78 is 17.2. The SMILES string of the molecule is CN(C)CCOc1ccc(-c2c(Oc3ccc(Cl)cc3)c(=O)oc3cc(O)ccc23)cc1. The van der Waals surface area contributed by atoms with E-state index in [0.29, 0.717) is 28.3 Å². The van der Waals surface area contributed by atoms with E-state index >= 15 is 0 Å². The van der Waals surface area contributed by atoms with Crippen LogP contribution in [0.3, 0.4) is 0 Å². The molecule has 7 heteroatoms. The fourth-order valence-electron chi connectivity index (χ4n) is 3.24. The lowest BCUT2D eigenvalue weighted by Gasteiger charge is -2.14. The molecule has 0 unspecified atom stereocenters. The van der Waals surface area contributed by atoms with Crippen LogP contribution in [0, 0.1) is 0 Å². The highest BCUT2D eigenvalue weighted by atomic mass is 35.5. The quantitative estimate of drug-likeness (QED) is 0.371. The third-order valence-corrected chi connectivity index (χ3v) is 5.09. The average Bonchev–Trinajstić information content (AvgIpc) is 2.76. The average molecular weight is 452 g/mol. The Morgan fingerprint density at radius 1 is 0.969 bits per heavy atom. The van der Waals surface area contributed by atoms with E-state index in [1.807, 2.05) is 43.3 Å². The zero-order chi connectivity index (χ0) is 22.7. The Morgan fingerprint density at radius 3 is 2.34 bits per heavy atom. The van der Waals surface area contributed by atoms with Gasteiger partial charge in [0.2, 0.25) is 5.75 Å². The number of halogens is 1. The maximum Gasteiger partial charge on any atom is 0.380 e. The topological polar surface area (TPSA) is 72.1 Å². The van der Waals surface area contributed by atoms with Gasteiger partial charge in [-0.3, -0.25) is 0 Å². The van der Waals surface area contributed by atoms with E-state index in [4.69, 9.17) is 25.5 Å². The molecule has 1 N–H and O–H groups in total. The van der Waals surface area contributed by atoms with E-state index in [1.165, 1.54) is 12.1 Å². The molecular weight excluding hydrogens is 430 g/mol. The molecule has 4 rings (SSSR count). The van der Waals surface area contributed by atoms with Crippen molar-refractivity contribution in [2.75, 3.05) is 27.2 Å². The molecule has 0 aliphatic carbocycles. The van der Waals surface area contributed by atoms with Gasteiger partial charge in [-0.05, 0) is 68.2 Å². The Morgan fingerprint density at radius 2 is 1.66 bits per heavy atom. The molecule has 32 heavy (non-hydrogen) atoms. The molecule has 0 saturated heterocycles. The first-order valence-corrected chi connectivity index (χ1v) is 10.4. The number of hydrogen-bond donors (Lipinski definition) is 1. The van der Waals surface area contributed by atoms with Crippen molar-refractivity contribution >= 4 is 22.6 Å². The summed E-state index contributed by atoms with van der Waals surface area (Å²) in [4.78, 5) is 14.9. The number of rotatable bonds is 7. The van der Waals surface area contributed by atoms with Gasteiger partial charge in [0.25, 0.3) is 0 Å². The van der Waals surface area contributed by atoms with E-state index in [9.17, 15) is 9.90 Å². The second kappa shape index (κ2) is 9.34. The van der Waals surface area contributed by atoms with E-state index in [1.54, 1.807) is 30.3 Å². The third kappa shape index (κ3) is 4.88. The Hall–Kier alpha value is -3.48. The Labute approximate surface area is 190 Å².